The Balaban J connectivity index is 2.19. The van der Waals surface area contributed by atoms with E-state index >= 15 is 0 Å². The Hall–Kier alpha value is -1.71. The number of aromatic nitrogens is 3. The highest BCUT2D eigenvalue weighted by Gasteiger charge is 2.23. The van der Waals surface area contributed by atoms with E-state index in [0.717, 1.165) is 0 Å². The summed E-state index contributed by atoms with van der Waals surface area (Å²) in [7, 11) is -3.84. The summed E-state index contributed by atoms with van der Waals surface area (Å²) in [5, 5.41) is 15.2. The number of nitrogens with zero attached hydrogens (tertiary/aromatic N) is 2. The van der Waals surface area contributed by atoms with Gasteiger partial charge in [0, 0.05) is 11.3 Å². The number of hydrogen-bond acceptors (Lipinski definition) is 6. The second-order valence-corrected chi connectivity index (χ2v) is 6.05. The van der Waals surface area contributed by atoms with Gasteiger partial charge in [-0.3, -0.25) is 5.10 Å². The molecule has 0 aliphatic heterocycles. The summed E-state index contributed by atoms with van der Waals surface area (Å²) >= 11 is 0. The number of aliphatic hydroxyl groups excluding tert-OH is 1. The Morgan fingerprint density at radius 3 is 2.60 bits per heavy atom. The van der Waals surface area contributed by atoms with Gasteiger partial charge in [-0.15, -0.1) is 0 Å². The van der Waals surface area contributed by atoms with Crippen LogP contribution in [0, 0.1) is 20.8 Å². The summed E-state index contributed by atoms with van der Waals surface area (Å²) in [4.78, 5) is 4.08. The molecule has 0 bridgehead atoms. The lowest BCUT2D eigenvalue weighted by Gasteiger charge is -2.03. The summed E-state index contributed by atoms with van der Waals surface area (Å²) < 4.78 is 31.9. The van der Waals surface area contributed by atoms with Crippen LogP contribution in [-0.4, -0.2) is 28.7 Å². The van der Waals surface area contributed by atoms with Crippen LogP contribution in [0.2, 0.25) is 0 Å². The topological polar surface area (TPSA) is 121 Å². The van der Waals surface area contributed by atoms with E-state index in [1.807, 2.05) is 0 Å². The number of sulfonamides is 1. The zero-order valence-electron chi connectivity index (χ0n) is 11.4. The zero-order chi connectivity index (χ0) is 14.9. The molecule has 2 aromatic rings. The molecule has 0 aliphatic carbocycles. The lowest BCUT2D eigenvalue weighted by atomic mass is 10.3. The average molecular weight is 300 g/mol. The van der Waals surface area contributed by atoms with Crippen molar-refractivity contribution < 1.29 is 17.9 Å². The van der Waals surface area contributed by atoms with Crippen LogP contribution >= 0.6 is 0 Å². The SMILES string of the molecule is Cc1nc(CNS(=O)(=O)c2n[nH]c(C)c2CO)oc1C. The normalized spacial score (nSPS) is 12.0. The lowest BCUT2D eigenvalue weighted by Crippen LogP contribution is -2.24. The quantitative estimate of drug-likeness (QED) is 0.730. The molecule has 2 aromatic heterocycles. The zero-order valence-corrected chi connectivity index (χ0v) is 12.2. The van der Waals surface area contributed by atoms with Crippen LogP contribution in [0.15, 0.2) is 9.44 Å². The molecule has 0 unspecified atom stereocenters. The maximum atomic E-state index is 12.1. The molecule has 0 saturated heterocycles. The van der Waals surface area contributed by atoms with Crippen LogP contribution in [0.4, 0.5) is 0 Å². The first kappa shape index (κ1) is 14.7. The molecule has 9 heteroatoms. The molecule has 0 aliphatic rings. The number of hydrogen-bond donors (Lipinski definition) is 3. The number of oxazole rings is 1. The standard InChI is InChI=1S/C11H16N4O4S/c1-6-8(3)19-10(13-6)4-12-20(17,18)11-9(5-16)7(2)14-15-11/h12,16H,4-5H2,1-3H3,(H,14,15). The van der Waals surface area contributed by atoms with Crippen molar-refractivity contribution >= 4 is 10.0 Å². The average Bonchev–Trinajstić information content (AvgIpc) is 2.91. The van der Waals surface area contributed by atoms with Gasteiger partial charge < -0.3 is 9.52 Å². The van der Waals surface area contributed by atoms with Gasteiger partial charge in [-0.1, -0.05) is 0 Å². The Morgan fingerprint density at radius 1 is 1.35 bits per heavy atom. The summed E-state index contributed by atoms with van der Waals surface area (Å²) in [6.07, 6.45) is 0. The van der Waals surface area contributed by atoms with Crippen LogP contribution in [0.5, 0.6) is 0 Å². The highest BCUT2D eigenvalue weighted by molar-refractivity contribution is 7.89. The van der Waals surface area contributed by atoms with E-state index in [-0.39, 0.29) is 23.0 Å². The van der Waals surface area contributed by atoms with Crippen molar-refractivity contribution in [1.82, 2.24) is 19.9 Å². The third-order valence-corrected chi connectivity index (χ3v) is 4.31. The van der Waals surface area contributed by atoms with E-state index in [9.17, 15) is 13.5 Å². The molecule has 20 heavy (non-hydrogen) atoms. The molecule has 0 fully saturated rings. The highest BCUT2D eigenvalue weighted by Crippen LogP contribution is 2.16. The molecule has 110 valence electrons. The molecule has 0 amide bonds. The van der Waals surface area contributed by atoms with Crippen molar-refractivity contribution in [1.29, 1.82) is 0 Å². The molecular formula is C11H16N4O4S. The van der Waals surface area contributed by atoms with Crippen LogP contribution in [-0.2, 0) is 23.2 Å². The van der Waals surface area contributed by atoms with Gasteiger partial charge in [0.2, 0.25) is 5.89 Å². The Kier molecular flexibility index (Phi) is 3.93. The maximum Gasteiger partial charge on any atom is 0.260 e. The monoisotopic (exact) mass is 300 g/mol. The lowest BCUT2D eigenvalue weighted by molar-refractivity contribution is 0.277. The third kappa shape index (κ3) is 2.74. The van der Waals surface area contributed by atoms with Crippen molar-refractivity contribution in [2.75, 3.05) is 0 Å². The molecule has 2 rings (SSSR count). The molecule has 0 atom stereocenters. The highest BCUT2D eigenvalue weighted by atomic mass is 32.2. The largest absolute Gasteiger partial charge is 0.444 e. The molecule has 0 saturated carbocycles. The molecule has 0 aromatic carbocycles. The van der Waals surface area contributed by atoms with E-state index in [4.69, 9.17) is 4.42 Å². The minimum absolute atomic E-state index is 0.0756. The van der Waals surface area contributed by atoms with Crippen molar-refractivity contribution in [3.05, 3.63) is 28.6 Å². The number of aliphatic hydroxyl groups is 1. The molecule has 0 radical (unpaired) electrons. The summed E-state index contributed by atoms with van der Waals surface area (Å²) in [5.74, 6) is 0.923. The number of H-pyrrole nitrogens is 1. The van der Waals surface area contributed by atoms with E-state index < -0.39 is 16.6 Å². The van der Waals surface area contributed by atoms with Crippen LogP contribution in [0.3, 0.4) is 0 Å². The van der Waals surface area contributed by atoms with Crippen molar-refractivity contribution in [2.24, 2.45) is 0 Å². The molecule has 8 nitrogen and oxygen atoms in total. The Labute approximate surface area is 116 Å². The minimum atomic E-state index is -3.84. The van der Waals surface area contributed by atoms with Crippen LogP contribution in [0.25, 0.3) is 0 Å². The van der Waals surface area contributed by atoms with Gasteiger partial charge in [0.15, 0.2) is 5.03 Å². The first-order valence-electron chi connectivity index (χ1n) is 5.92. The van der Waals surface area contributed by atoms with Crippen molar-refractivity contribution in [2.45, 2.75) is 38.9 Å². The Bertz CT molecular complexity index is 697. The number of rotatable bonds is 5. The van der Waals surface area contributed by atoms with E-state index in [1.54, 1.807) is 20.8 Å². The fourth-order valence-corrected chi connectivity index (χ4v) is 2.84. The number of aryl methyl sites for hydroxylation is 3. The molecule has 2 heterocycles. The van der Waals surface area contributed by atoms with Gasteiger partial charge in [0.1, 0.15) is 5.76 Å². The second kappa shape index (κ2) is 5.35. The van der Waals surface area contributed by atoms with Crippen molar-refractivity contribution in [3.8, 4) is 0 Å². The summed E-state index contributed by atoms with van der Waals surface area (Å²) in [6.45, 7) is 4.68. The minimum Gasteiger partial charge on any atom is -0.444 e. The van der Waals surface area contributed by atoms with E-state index in [2.05, 4.69) is 19.9 Å². The molecular weight excluding hydrogens is 284 g/mol. The van der Waals surface area contributed by atoms with Crippen LogP contribution < -0.4 is 4.72 Å². The van der Waals surface area contributed by atoms with Gasteiger partial charge in [0.05, 0.1) is 18.8 Å². The maximum absolute atomic E-state index is 12.1. The second-order valence-electron chi connectivity index (χ2n) is 4.36. The van der Waals surface area contributed by atoms with Crippen molar-refractivity contribution in [3.63, 3.8) is 0 Å². The van der Waals surface area contributed by atoms with Gasteiger partial charge in [-0.2, -0.15) is 5.10 Å². The molecule has 0 spiro atoms. The first-order chi connectivity index (χ1) is 9.35. The van der Waals surface area contributed by atoms with Gasteiger partial charge in [-0.25, -0.2) is 18.1 Å². The van der Waals surface area contributed by atoms with E-state index in [1.165, 1.54) is 0 Å². The number of nitrogens with one attached hydrogen (secondary N) is 2. The number of aromatic amines is 1. The fourth-order valence-electron chi connectivity index (χ4n) is 1.68. The first-order valence-corrected chi connectivity index (χ1v) is 7.40. The van der Waals surface area contributed by atoms with Crippen LogP contribution in [0.1, 0.15) is 28.6 Å². The smallest absolute Gasteiger partial charge is 0.260 e. The van der Waals surface area contributed by atoms with Gasteiger partial charge in [-0.05, 0) is 20.8 Å². The molecule has 3 N–H and O–H groups in total. The predicted molar refractivity (Wildman–Crippen MR) is 69.3 cm³/mol. The third-order valence-electron chi connectivity index (χ3n) is 2.93. The summed E-state index contributed by atoms with van der Waals surface area (Å²) in [6, 6.07) is 0. The van der Waals surface area contributed by atoms with Gasteiger partial charge >= 0.3 is 0 Å². The summed E-state index contributed by atoms with van der Waals surface area (Å²) in [5.41, 5.74) is 1.47. The fraction of sp³-hybridized carbons (Fsp3) is 0.455. The Morgan fingerprint density at radius 2 is 2.05 bits per heavy atom. The predicted octanol–water partition coefficient (Wildman–Crippen LogP) is 0.294. The van der Waals surface area contributed by atoms with E-state index in [0.29, 0.717) is 17.1 Å². The van der Waals surface area contributed by atoms with Gasteiger partial charge in [0.25, 0.3) is 10.0 Å².